The number of imidazole rings is 1. The third kappa shape index (κ3) is 2.09. The molecule has 0 atom stereocenters. The first-order valence-corrected chi connectivity index (χ1v) is 7.55. The maximum absolute atomic E-state index is 6.16. The SMILES string of the molecule is Cc1ccc(-c2nc3ccc(Cl)cc3n2C2CC2)cc1N. The normalized spacial score (nSPS) is 14.8. The number of fused-ring (bicyclic) bond motifs is 1. The van der Waals surface area contributed by atoms with Gasteiger partial charge >= 0.3 is 0 Å². The Balaban J connectivity index is 1.99. The van der Waals surface area contributed by atoms with Crippen LogP contribution in [0.15, 0.2) is 36.4 Å². The van der Waals surface area contributed by atoms with Crippen molar-refractivity contribution in [3.63, 3.8) is 0 Å². The Hall–Kier alpha value is -2.00. The molecule has 1 fully saturated rings. The molecular weight excluding hydrogens is 282 g/mol. The molecule has 0 unspecified atom stereocenters. The summed E-state index contributed by atoms with van der Waals surface area (Å²) in [5, 5.41) is 0.749. The molecule has 4 rings (SSSR count). The van der Waals surface area contributed by atoms with E-state index in [0.717, 1.165) is 38.7 Å². The van der Waals surface area contributed by atoms with Crippen molar-refractivity contribution >= 4 is 28.3 Å². The monoisotopic (exact) mass is 297 g/mol. The van der Waals surface area contributed by atoms with Gasteiger partial charge in [-0.25, -0.2) is 4.98 Å². The quantitative estimate of drug-likeness (QED) is 0.703. The first-order chi connectivity index (χ1) is 10.1. The number of hydrogen-bond donors (Lipinski definition) is 1. The van der Waals surface area contributed by atoms with Gasteiger partial charge in [-0.2, -0.15) is 0 Å². The molecule has 2 aromatic carbocycles. The molecule has 1 aliphatic rings. The highest BCUT2D eigenvalue weighted by Gasteiger charge is 2.28. The third-order valence-corrected chi connectivity index (χ3v) is 4.34. The summed E-state index contributed by atoms with van der Waals surface area (Å²) in [7, 11) is 0. The summed E-state index contributed by atoms with van der Waals surface area (Å²) in [6, 6.07) is 12.6. The van der Waals surface area contributed by atoms with E-state index < -0.39 is 0 Å². The second-order valence-electron chi connectivity index (χ2n) is 5.74. The molecule has 0 bridgehead atoms. The average molecular weight is 298 g/mol. The molecule has 0 saturated heterocycles. The van der Waals surface area contributed by atoms with Crippen molar-refractivity contribution in [1.82, 2.24) is 9.55 Å². The Morgan fingerprint density at radius 2 is 2.00 bits per heavy atom. The van der Waals surface area contributed by atoms with E-state index >= 15 is 0 Å². The Bertz CT molecular complexity index is 847. The molecule has 3 nitrogen and oxygen atoms in total. The summed E-state index contributed by atoms with van der Waals surface area (Å²) in [6.45, 7) is 2.02. The van der Waals surface area contributed by atoms with Crippen molar-refractivity contribution in [3.8, 4) is 11.4 Å². The number of rotatable bonds is 2. The van der Waals surface area contributed by atoms with E-state index in [4.69, 9.17) is 22.3 Å². The Morgan fingerprint density at radius 1 is 1.19 bits per heavy atom. The van der Waals surface area contributed by atoms with Crippen LogP contribution >= 0.6 is 11.6 Å². The van der Waals surface area contributed by atoms with Crippen LogP contribution in [-0.4, -0.2) is 9.55 Å². The molecule has 3 aromatic rings. The molecule has 106 valence electrons. The summed E-state index contributed by atoms with van der Waals surface area (Å²) in [4.78, 5) is 4.80. The van der Waals surface area contributed by atoms with Crippen molar-refractivity contribution in [2.24, 2.45) is 0 Å². The van der Waals surface area contributed by atoms with Gasteiger partial charge in [-0.15, -0.1) is 0 Å². The van der Waals surface area contributed by atoms with Crippen LogP contribution in [0.1, 0.15) is 24.4 Å². The van der Waals surface area contributed by atoms with Gasteiger partial charge in [0.2, 0.25) is 0 Å². The van der Waals surface area contributed by atoms with Crippen LogP contribution < -0.4 is 5.73 Å². The number of nitrogen functional groups attached to an aromatic ring is 1. The summed E-state index contributed by atoms with van der Waals surface area (Å²) in [5.41, 5.74) is 11.1. The number of aryl methyl sites for hydroxylation is 1. The fourth-order valence-electron chi connectivity index (χ4n) is 2.75. The van der Waals surface area contributed by atoms with Crippen molar-refractivity contribution in [2.75, 3.05) is 5.73 Å². The molecule has 1 aromatic heterocycles. The Morgan fingerprint density at radius 3 is 2.71 bits per heavy atom. The van der Waals surface area contributed by atoms with Gasteiger partial charge in [0.1, 0.15) is 5.82 Å². The Kier molecular flexibility index (Phi) is 2.73. The molecule has 1 heterocycles. The van der Waals surface area contributed by atoms with Gasteiger partial charge in [-0.1, -0.05) is 23.7 Å². The van der Waals surface area contributed by atoms with E-state index in [1.807, 2.05) is 37.3 Å². The van der Waals surface area contributed by atoms with Gasteiger partial charge in [-0.05, 0) is 49.6 Å². The zero-order chi connectivity index (χ0) is 14.6. The number of anilines is 1. The molecule has 1 saturated carbocycles. The number of halogens is 1. The molecular formula is C17H16ClN3. The fourth-order valence-corrected chi connectivity index (χ4v) is 2.92. The predicted octanol–water partition coefficient (Wildman–Crippen LogP) is 4.58. The highest BCUT2D eigenvalue weighted by molar-refractivity contribution is 6.31. The highest BCUT2D eigenvalue weighted by atomic mass is 35.5. The zero-order valence-electron chi connectivity index (χ0n) is 11.8. The third-order valence-electron chi connectivity index (χ3n) is 4.10. The molecule has 4 heteroatoms. The van der Waals surface area contributed by atoms with Crippen molar-refractivity contribution in [1.29, 1.82) is 0 Å². The zero-order valence-corrected chi connectivity index (χ0v) is 12.6. The van der Waals surface area contributed by atoms with Gasteiger partial charge in [-0.3, -0.25) is 0 Å². The smallest absolute Gasteiger partial charge is 0.141 e. The summed E-state index contributed by atoms with van der Waals surface area (Å²) < 4.78 is 2.31. The average Bonchev–Trinajstić information content (AvgIpc) is 3.23. The lowest BCUT2D eigenvalue weighted by Gasteiger charge is -2.09. The maximum Gasteiger partial charge on any atom is 0.141 e. The van der Waals surface area contributed by atoms with E-state index in [1.165, 1.54) is 12.8 Å². The summed E-state index contributed by atoms with van der Waals surface area (Å²) in [6.07, 6.45) is 2.40. The minimum Gasteiger partial charge on any atom is -0.398 e. The van der Waals surface area contributed by atoms with Crippen molar-refractivity contribution in [3.05, 3.63) is 47.0 Å². The van der Waals surface area contributed by atoms with Crippen LogP contribution in [0.2, 0.25) is 5.02 Å². The minimum absolute atomic E-state index is 0.533. The largest absolute Gasteiger partial charge is 0.398 e. The van der Waals surface area contributed by atoms with Crippen LogP contribution in [0.3, 0.4) is 0 Å². The number of nitrogens with two attached hydrogens (primary N) is 1. The second kappa shape index (κ2) is 4.50. The standard InChI is InChI=1S/C17H16ClN3/c1-10-2-3-11(8-14(10)19)17-20-15-7-4-12(18)9-16(15)21(17)13-5-6-13/h2-4,7-9,13H,5-6,19H2,1H3. The molecule has 0 radical (unpaired) electrons. The van der Waals surface area contributed by atoms with Crippen LogP contribution in [0.4, 0.5) is 5.69 Å². The van der Waals surface area contributed by atoms with Crippen molar-refractivity contribution in [2.45, 2.75) is 25.8 Å². The van der Waals surface area contributed by atoms with Gasteiger partial charge in [0.15, 0.2) is 0 Å². The number of nitrogens with zero attached hydrogens (tertiary/aromatic N) is 2. The van der Waals surface area contributed by atoms with Crippen LogP contribution in [0.25, 0.3) is 22.4 Å². The molecule has 0 aliphatic heterocycles. The van der Waals surface area contributed by atoms with Gasteiger partial charge in [0, 0.05) is 22.3 Å². The summed E-state index contributed by atoms with van der Waals surface area (Å²) >= 11 is 6.16. The van der Waals surface area contributed by atoms with E-state index in [2.05, 4.69) is 10.6 Å². The molecule has 1 aliphatic carbocycles. The topological polar surface area (TPSA) is 43.8 Å². The molecule has 21 heavy (non-hydrogen) atoms. The van der Waals surface area contributed by atoms with Crippen LogP contribution in [0, 0.1) is 6.92 Å². The molecule has 0 amide bonds. The van der Waals surface area contributed by atoms with E-state index in [-0.39, 0.29) is 0 Å². The lowest BCUT2D eigenvalue weighted by Crippen LogP contribution is -1.98. The van der Waals surface area contributed by atoms with Gasteiger partial charge in [0.05, 0.1) is 11.0 Å². The Labute approximate surface area is 128 Å². The minimum atomic E-state index is 0.533. The van der Waals surface area contributed by atoms with Crippen molar-refractivity contribution < 1.29 is 0 Å². The first-order valence-electron chi connectivity index (χ1n) is 7.17. The number of benzene rings is 2. The van der Waals surface area contributed by atoms with Crippen LogP contribution in [0.5, 0.6) is 0 Å². The van der Waals surface area contributed by atoms with E-state index in [0.29, 0.717) is 6.04 Å². The highest BCUT2D eigenvalue weighted by Crippen LogP contribution is 2.42. The van der Waals surface area contributed by atoms with E-state index in [9.17, 15) is 0 Å². The second-order valence-corrected chi connectivity index (χ2v) is 6.18. The lowest BCUT2D eigenvalue weighted by molar-refractivity contribution is 0.775. The molecule has 2 N–H and O–H groups in total. The van der Waals surface area contributed by atoms with Gasteiger partial charge < -0.3 is 10.3 Å². The predicted molar refractivity (Wildman–Crippen MR) is 87.6 cm³/mol. The summed E-state index contributed by atoms with van der Waals surface area (Å²) in [5.74, 6) is 0.987. The van der Waals surface area contributed by atoms with E-state index in [1.54, 1.807) is 0 Å². The first kappa shape index (κ1) is 12.7. The maximum atomic E-state index is 6.16. The molecule has 0 spiro atoms. The van der Waals surface area contributed by atoms with Crippen LogP contribution in [-0.2, 0) is 0 Å². The fraction of sp³-hybridized carbons (Fsp3) is 0.235. The number of aromatic nitrogens is 2. The lowest BCUT2D eigenvalue weighted by atomic mass is 10.1. The van der Waals surface area contributed by atoms with Gasteiger partial charge in [0.25, 0.3) is 0 Å². The number of hydrogen-bond acceptors (Lipinski definition) is 2.